The van der Waals surface area contributed by atoms with Gasteiger partial charge in [0.2, 0.25) is 0 Å². The SMILES string of the molecule is C=C1C=c2[nH]nc(-c3cnc4c(c3)CN(C)CC4)c2=NN1c1c(C)cccc1F. The summed E-state index contributed by atoms with van der Waals surface area (Å²) in [4.78, 5) is 6.93. The molecule has 4 heterocycles. The standard InChI is InChI=1S/C22H21FN6/c1-13-5-4-6-17(23)22(13)29-14(2)9-19-21(27-29)20(26-25-19)15-10-16-12-28(3)8-7-18(16)24-11-15/h4-6,9-11,25H,2,7-8,12H2,1,3H3. The van der Waals surface area contributed by atoms with Gasteiger partial charge in [-0.1, -0.05) is 18.7 Å². The second-order valence-corrected chi connectivity index (χ2v) is 7.60. The van der Waals surface area contributed by atoms with Crippen molar-refractivity contribution < 1.29 is 4.39 Å². The highest BCUT2D eigenvalue weighted by atomic mass is 19.1. The van der Waals surface area contributed by atoms with E-state index < -0.39 is 0 Å². The number of nitrogens with zero attached hydrogens (tertiary/aromatic N) is 5. The van der Waals surface area contributed by atoms with Crippen LogP contribution in [0.4, 0.5) is 10.1 Å². The summed E-state index contributed by atoms with van der Waals surface area (Å²) >= 11 is 0. The fourth-order valence-electron chi connectivity index (χ4n) is 3.93. The molecule has 0 saturated carbocycles. The molecular weight excluding hydrogens is 367 g/mol. The maximum absolute atomic E-state index is 14.6. The van der Waals surface area contributed by atoms with Crippen molar-refractivity contribution in [2.24, 2.45) is 5.10 Å². The van der Waals surface area contributed by atoms with Crippen molar-refractivity contribution >= 4 is 11.8 Å². The van der Waals surface area contributed by atoms with Crippen LogP contribution in [0.3, 0.4) is 0 Å². The molecule has 2 aromatic heterocycles. The maximum Gasteiger partial charge on any atom is 0.149 e. The van der Waals surface area contributed by atoms with Crippen molar-refractivity contribution in [1.29, 1.82) is 0 Å². The van der Waals surface area contributed by atoms with Crippen molar-refractivity contribution in [2.45, 2.75) is 19.9 Å². The smallest absolute Gasteiger partial charge is 0.149 e. The number of pyridine rings is 1. The zero-order valence-corrected chi connectivity index (χ0v) is 16.4. The molecule has 1 aromatic carbocycles. The molecule has 0 radical (unpaired) electrons. The summed E-state index contributed by atoms with van der Waals surface area (Å²) in [6, 6.07) is 7.11. The van der Waals surface area contributed by atoms with Crippen molar-refractivity contribution in [3.63, 3.8) is 0 Å². The normalized spacial score (nSPS) is 16.1. The molecule has 0 amide bonds. The van der Waals surface area contributed by atoms with Crippen LogP contribution in [0.15, 0.2) is 47.8 Å². The van der Waals surface area contributed by atoms with Gasteiger partial charge in [0, 0.05) is 37.0 Å². The second kappa shape index (κ2) is 6.63. The number of aryl methyl sites for hydroxylation is 1. The first-order valence-corrected chi connectivity index (χ1v) is 9.57. The molecule has 0 spiro atoms. The third kappa shape index (κ3) is 2.94. The summed E-state index contributed by atoms with van der Waals surface area (Å²) in [6.45, 7) is 7.78. The van der Waals surface area contributed by atoms with E-state index in [1.165, 1.54) is 11.6 Å². The van der Waals surface area contributed by atoms with Gasteiger partial charge in [0.1, 0.15) is 22.6 Å². The van der Waals surface area contributed by atoms with E-state index in [1.807, 2.05) is 25.3 Å². The van der Waals surface area contributed by atoms with Gasteiger partial charge in [0.15, 0.2) is 0 Å². The molecule has 3 aromatic rings. The second-order valence-electron chi connectivity index (χ2n) is 7.60. The molecule has 0 fully saturated rings. The summed E-state index contributed by atoms with van der Waals surface area (Å²) in [5.41, 5.74) is 5.70. The summed E-state index contributed by atoms with van der Waals surface area (Å²) in [7, 11) is 2.11. The van der Waals surface area contributed by atoms with Crippen LogP contribution in [0.1, 0.15) is 16.8 Å². The number of H-pyrrole nitrogens is 1. The number of allylic oxidation sites excluding steroid dienone is 1. The first-order valence-electron chi connectivity index (χ1n) is 9.57. The minimum atomic E-state index is -0.338. The number of fused-ring (bicyclic) bond motifs is 2. The summed E-state index contributed by atoms with van der Waals surface area (Å²) < 4.78 is 14.6. The number of para-hydroxylation sites is 1. The van der Waals surface area contributed by atoms with Crippen LogP contribution in [-0.4, -0.2) is 33.7 Å². The van der Waals surface area contributed by atoms with Crippen LogP contribution in [-0.2, 0) is 13.0 Å². The molecule has 0 bridgehead atoms. The highest BCUT2D eigenvalue weighted by molar-refractivity contribution is 5.67. The Bertz CT molecular complexity index is 1240. The van der Waals surface area contributed by atoms with E-state index in [1.54, 1.807) is 11.1 Å². The number of hydrogen-bond acceptors (Lipinski definition) is 5. The summed E-state index contributed by atoms with van der Waals surface area (Å²) in [5, 5.41) is 15.2. The third-order valence-electron chi connectivity index (χ3n) is 5.45. The van der Waals surface area contributed by atoms with Gasteiger partial charge >= 0.3 is 0 Å². The van der Waals surface area contributed by atoms with E-state index in [2.05, 4.69) is 39.8 Å². The predicted molar refractivity (Wildman–Crippen MR) is 110 cm³/mol. The molecule has 0 aliphatic carbocycles. The van der Waals surface area contributed by atoms with Crippen LogP contribution in [0.5, 0.6) is 0 Å². The number of anilines is 1. The molecule has 0 unspecified atom stereocenters. The number of aromatic amines is 1. The lowest BCUT2D eigenvalue weighted by molar-refractivity contribution is 0.310. The molecule has 146 valence electrons. The predicted octanol–water partition coefficient (Wildman–Crippen LogP) is 2.26. The Morgan fingerprint density at radius 2 is 2.14 bits per heavy atom. The first-order chi connectivity index (χ1) is 14.0. The van der Waals surface area contributed by atoms with Gasteiger partial charge in [-0.15, -0.1) is 0 Å². The van der Waals surface area contributed by atoms with Gasteiger partial charge in [-0.3, -0.25) is 10.1 Å². The number of halogens is 1. The first kappa shape index (κ1) is 17.8. The Morgan fingerprint density at radius 1 is 1.28 bits per heavy atom. The van der Waals surface area contributed by atoms with E-state index in [0.29, 0.717) is 22.4 Å². The average molecular weight is 388 g/mol. The average Bonchev–Trinajstić information content (AvgIpc) is 3.10. The Hall–Kier alpha value is -3.32. The summed E-state index contributed by atoms with van der Waals surface area (Å²) in [5.74, 6) is -0.338. The van der Waals surface area contributed by atoms with Crippen molar-refractivity contribution in [2.75, 3.05) is 18.6 Å². The van der Waals surface area contributed by atoms with Crippen molar-refractivity contribution in [1.82, 2.24) is 20.1 Å². The molecule has 5 rings (SSSR count). The van der Waals surface area contributed by atoms with E-state index in [9.17, 15) is 4.39 Å². The number of aromatic nitrogens is 3. The maximum atomic E-state index is 14.6. The molecule has 2 aliphatic heterocycles. The van der Waals surface area contributed by atoms with E-state index in [4.69, 9.17) is 5.10 Å². The Kier molecular flexibility index (Phi) is 4.06. The molecule has 6 nitrogen and oxygen atoms in total. The van der Waals surface area contributed by atoms with Gasteiger partial charge in [-0.2, -0.15) is 10.2 Å². The lowest BCUT2D eigenvalue weighted by Gasteiger charge is -2.24. The Balaban J connectivity index is 1.65. The van der Waals surface area contributed by atoms with E-state index >= 15 is 0 Å². The monoisotopic (exact) mass is 388 g/mol. The lowest BCUT2D eigenvalue weighted by Crippen LogP contribution is -2.35. The quantitative estimate of drug-likeness (QED) is 0.732. The number of hydrogen-bond donors (Lipinski definition) is 1. The third-order valence-corrected chi connectivity index (χ3v) is 5.45. The minimum absolute atomic E-state index is 0.338. The number of benzene rings is 1. The van der Waals surface area contributed by atoms with E-state index in [-0.39, 0.29) is 5.82 Å². The lowest BCUT2D eigenvalue weighted by atomic mass is 10.0. The van der Waals surface area contributed by atoms with Gasteiger partial charge in [0.05, 0.1) is 11.0 Å². The van der Waals surface area contributed by atoms with Crippen molar-refractivity contribution in [3.05, 3.63) is 76.1 Å². The number of nitrogens with one attached hydrogen (secondary N) is 1. The largest absolute Gasteiger partial charge is 0.302 e. The van der Waals surface area contributed by atoms with Crippen LogP contribution < -0.4 is 15.7 Å². The van der Waals surface area contributed by atoms with Crippen LogP contribution >= 0.6 is 0 Å². The van der Waals surface area contributed by atoms with Gasteiger partial charge in [0.25, 0.3) is 0 Å². The topological polar surface area (TPSA) is 60.4 Å². The molecule has 2 aliphatic rings. The fourth-order valence-corrected chi connectivity index (χ4v) is 3.93. The van der Waals surface area contributed by atoms with Gasteiger partial charge in [-0.05, 0) is 43.3 Å². The van der Waals surface area contributed by atoms with E-state index in [0.717, 1.165) is 41.7 Å². The molecule has 0 atom stereocenters. The molecular formula is C22H21FN6. The molecule has 0 saturated heterocycles. The zero-order chi connectivity index (χ0) is 20.1. The molecule has 7 heteroatoms. The highest BCUT2D eigenvalue weighted by Crippen LogP contribution is 2.28. The summed E-state index contributed by atoms with van der Waals surface area (Å²) in [6.07, 6.45) is 4.63. The molecule has 1 N–H and O–H groups in total. The zero-order valence-electron chi connectivity index (χ0n) is 16.4. The Labute approximate surface area is 167 Å². The van der Waals surface area contributed by atoms with Crippen molar-refractivity contribution in [3.8, 4) is 11.3 Å². The van der Waals surface area contributed by atoms with Crippen LogP contribution in [0.25, 0.3) is 17.3 Å². The number of rotatable bonds is 2. The highest BCUT2D eigenvalue weighted by Gasteiger charge is 2.21. The fraction of sp³-hybridized carbons (Fsp3) is 0.227. The van der Waals surface area contributed by atoms with Gasteiger partial charge < -0.3 is 4.90 Å². The van der Waals surface area contributed by atoms with Crippen LogP contribution in [0.2, 0.25) is 0 Å². The minimum Gasteiger partial charge on any atom is -0.302 e. The van der Waals surface area contributed by atoms with Crippen LogP contribution in [0, 0.1) is 12.7 Å². The number of likely N-dealkylation sites (N-methyl/N-ethyl adjacent to an activating group) is 1. The molecule has 29 heavy (non-hydrogen) atoms. The van der Waals surface area contributed by atoms with Gasteiger partial charge in [-0.25, -0.2) is 9.40 Å². The Morgan fingerprint density at radius 3 is 2.97 bits per heavy atom.